The highest BCUT2D eigenvalue weighted by molar-refractivity contribution is 6.05. The van der Waals surface area contributed by atoms with E-state index in [4.69, 9.17) is 15.7 Å². The van der Waals surface area contributed by atoms with E-state index in [0.717, 1.165) is 30.9 Å². The number of carbonyl (C=O) groups excluding carboxylic acids is 2. The van der Waals surface area contributed by atoms with Crippen molar-refractivity contribution >= 4 is 58.4 Å². The second-order valence-electron chi connectivity index (χ2n) is 10.4. The van der Waals surface area contributed by atoms with Crippen LogP contribution in [0.3, 0.4) is 0 Å². The van der Waals surface area contributed by atoms with Crippen LogP contribution in [-0.4, -0.2) is 59.7 Å². The third kappa shape index (κ3) is 7.75. The Bertz CT molecular complexity index is 1470. The SMILES string of the molecule is C=CC(=O)Nc1ccc(C(=O)Nc2cccc(Nc3nc(N4CCCC(N)C4)nc4c3N=CCN4C(C)C)c2)cc1.CC. The quantitative estimate of drug-likeness (QED) is 0.256. The van der Waals surface area contributed by atoms with Crippen molar-refractivity contribution in [2.24, 2.45) is 10.7 Å². The van der Waals surface area contributed by atoms with Gasteiger partial charge in [-0.1, -0.05) is 26.5 Å². The molecule has 3 aromatic rings. The molecule has 1 fully saturated rings. The third-order valence-corrected chi connectivity index (χ3v) is 6.97. The minimum Gasteiger partial charge on any atom is -0.347 e. The summed E-state index contributed by atoms with van der Waals surface area (Å²) in [6.07, 6.45) is 5.04. The molecule has 11 nitrogen and oxygen atoms in total. The second kappa shape index (κ2) is 14.4. The molecule has 2 amide bonds. The fourth-order valence-electron chi connectivity index (χ4n) is 4.85. The van der Waals surface area contributed by atoms with E-state index < -0.39 is 0 Å². The summed E-state index contributed by atoms with van der Waals surface area (Å²) in [4.78, 5) is 43.3. The number of piperidine rings is 1. The van der Waals surface area contributed by atoms with Crippen molar-refractivity contribution in [2.75, 3.05) is 45.4 Å². The van der Waals surface area contributed by atoms with Crippen molar-refractivity contribution in [3.63, 3.8) is 0 Å². The number of rotatable bonds is 8. The summed E-state index contributed by atoms with van der Waals surface area (Å²) in [5.41, 5.74) is 9.33. The summed E-state index contributed by atoms with van der Waals surface area (Å²) in [5.74, 6) is 1.41. The largest absolute Gasteiger partial charge is 0.347 e. The van der Waals surface area contributed by atoms with Crippen molar-refractivity contribution in [3.8, 4) is 0 Å². The minimum absolute atomic E-state index is 0.0846. The van der Waals surface area contributed by atoms with Gasteiger partial charge >= 0.3 is 0 Å². The number of amides is 2. The third-order valence-electron chi connectivity index (χ3n) is 6.97. The lowest BCUT2D eigenvalue weighted by Crippen LogP contribution is -2.44. The Morgan fingerprint density at radius 2 is 1.79 bits per heavy atom. The monoisotopic (exact) mass is 583 g/mol. The van der Waals surface area contributed by atoms with Crippen LogP contribution in [0.5, 0.6) is 0 Å². The maximum atomic E-state index is 12.9. The molecular formula is C32H41N9O2. The van der Waals surface area contributed by atoms with Gasteiger partial charge in [-0.15, -0.1) is 0 Å². The Hall–Kier alpha value is -4.77. The molecule has 1 aromatic heterocycles. The number of nitrogens with one attached hydrogen (secondary N) is 3. The lowest BCUT2D eigenvalue weighted by Gasteiger charge is -2.34. The summed E-state index contributed by atoms with van der Waals surface area (Å²) >= 11 is 0. The lowest BCUT2D eigenvalue weighted by atomic mass is 10.1. The first-order chi connectivity index (χ1) is 20.8. The molecule has 5 N–H and O–H groups in total. The van der Waals surface area contributed by atoms with Gasteiger partial charge in [0, 0.05) is 54.0 Å². The number of hydrogen-bond acceptors (Lipinski definition) is 9. The maximum Gasteiger partial charge on any atom is 0.255 e. The van der Waals surface area contributed by atoms with Gasteiger partial charge in [-0.05, 0) is 75.2 Å². The molecule has 2 aromatic carbocycles. The van der Waals surface area contributed by atoms with Crippen LogP contribution in [0.2, 0.25) is 0 Å². The van der Waals surface area contributed by atoms with Crippen LogP contribution in [0.1, 0.15) is 50.9 Å². The number of anilines is 6. The van der Waals surface area contributed by atoms with Crippen LogP contribution in [-0.2, 0) is 4.79 Å². The standard InChI is InChI=1S/C30H35N9O2.C2H6/c1-4-25(40)33-22-12-10-20(11-13-22)29(41)35-24-9-5-8-23(17-24)34-27-26-28(39(19(2)3)16-14-32-26)37-30(36-27)38-15-6-7-21(31)18-38;1-2/h4-5,8-14,17,19,21H,1,6-7,15-16,18,31H2,2-3H3,(H,33,40)(H,35,41)(H,34,36,37);1-2H3. The Morgan fingerprint density at radius 3 is 2.49 bits per heavy atom. The van der Waals surface area contributed by atoms with Gasteiger partial charge in [0.1, 0.15) is 5.69 Å². The highest BCUT2D eigenvalue weighted by Gasteiger charge is 2.27. The number of carbonyl (C=O) groups is 2. The van der Waals surface area contributed by atoms with Crippen LogP contribution < -0.4 is 31.5 Å². The topological polar surface area (TPSA) is 141 Å². The van der Waals surface area contributed by atoms with E-state index in [9.17, 15) is 9.59 Å². The first-order valence-electron chi connectivity index (χ1n) is 14.7. The van der Waals surface area contributed by atoms with E-state index in [1.54, 1.807) is 24.3 Å². The zero-order valence-corrected chi connectivity index (χ0v) is 25.3. The van der Waals surface area contributed by atoms with Crippen molar-refractivity contribution in [1.82, 2.24) is 9.97 Å². The summed E-state index contributed by atoms with van der Waals surface area (Å²) < 4.78 is 0. The van der Waals surface area contributed by atoms with Gasteiger partial charge in [-0.3, -0.25) is 14.6 Å². The Balaban J connectivity index is 0.00000207. The van der Waals surface area contributed by atoms with E-state index >= 15 is 0 Å². The van der Waals surface area contributed by atoms with Crippen LogP contribution >= 0.6 is 0 Å². The number of benzene rings is 2. The molecular weight excluding hydrogens is 542 g/mol. The Kier molecular flexibility index (Phi) is 10.4. The van der Waals surface area contributed by atoms with Gasteiger partial charge in [0.2, 0.25) is 11.9 Å². The maximum absolute atomic E-state index is 12.9. The van der Waals surface area contributed by atoms with Gasteiger partial charge in [0.15, 0.2) is 11.6 Å². The van der Waals surface area contributed by atoms with Crippen molar-refractivity contribution in [3.05, 3.63) is 66.7 Å². The first-order valence-corrected chi connectivity index (χ1v) is 14.7. The van der Waals surface area contributed by atoms with Gasteiger partial charge in [0.05, 0.1) is 6.54 Å². The molecule has 1 saturated heterocycles. The molecule has 0 radical (unpaired) electrons. The first kappa shape index (κ1) is 31.2. The van der Waals surface area contributed by atoms with E-state index in [-0.39, 0.29) is 23.9 Å². The molecule has 1 unspecified atom stereocenters. The second-order valence-corrected chi connectivity index (χ2v) is 10.4. The molecule has 0 saturated carbocycles. The average molecular weight is 584 g/mol. The molecule has 11 heteroatoms. The van der Waals surface area contributed by atoms with Crippen molar-refractivity contribution in [2.45, 2.75) is 52.6 Å². The van der Waals surface area contributed by atoms with Gasteiger partial charge in [-0.25, -0.2) is 0 Å². The van der Waals surface area contributed by atoms with Crippen LogP contribution in [0.25, 0.3) is 0 Å². The van der Waals surface area contributed by atoms with Gasteiger partial charge in [-0.2, -0.15) is 9.97 Å². The van der Waals surface area contributed by atoms with Crippen LogP contribution in [0.15, 0.2) is 66.2 Å². The predicted octanol–water partition coefficient (Wildman–Crippen LogP) is 5.48. The Labute approximate surface area is 253 Å². The van der Waals surface area contributed by atoms with Crippen LogP contribution in [0, 0.1) is 0 Å². The average Bonchev–Trinajstić information content (AvgIpc) is 3.02. The van der Waals surface area contributed by atoms with E-state index in [0.29, 0.717) is 47.5 Å². The summed E-state index contributed by atoms with van der Waals surface area (Å²) in [6, 6.07) is 14.4. The number of aliphatic imine (C=N–C) groups is 1. The van der Waals surface area contributed by atoms with Crippen molar-refractivity contribution in [1.29, 1.82) is 0 Å². The zero-order valence-electron chi connectivity index (χ0n) is 25.3. The Morgan fingerprint density at radius 1 is 1.05 bits per heavy atom. The van der Waals surface area contributed by atoms with E-state index in [2.05, 4.69) is 51.2 Å². The molecule has 0 bridgehead atoms. The highest BCUT2D eigenvalue weighted by atomic mass is 16.2. The smallest absolute Gasteiger partial charge is 0.255 e. The highest BCUT2D eigenvalue weighted by Crippen LogP contribution is 2.39. The molecule has 5 rings (SSSR count). The molecule has 226 valence electrons. The van der Waals surface area contributed by atoms with Gasteiger partial charge in [0.25, 0.3) is 5.91 Å². The molecule has 2 aliphatic heterocycles. The van der Waals surface area contributed by atoms with Gasteiger partial charge < -0.3 is 31.5 Å². The predicted molar refractivity (Wildman–Crippen MR) is 176 cm³/mol. The summed E-state index contributed by atoms with van der Waals surface area (Å²) in [7, 11) is 0. The van der Waals surface area contributed by atoms with Crippen molar-refractivity contribution < 1.29 is 9.59 Å². The minimum atomic E-state index is -0.314. The zero-order chi connectivity index (χ0) is 30.9. The number of nitrogens with zero attached hydrogens (tertiary/aromatic N) is 5. The van der Waals surface area contributed by atoms with Crippen LogP contribution in [0.4, 0.5) is 40.3 Å². The molecule has 2 aliphatic rings. The molecule has 0 aliphatic carbocycles. The summed E-state index contributed by atoms with van der Waals surface area (Å²) in [6.45, 7) is 13.9. The summed E-state index contributed by atoms with van der Waals surface area (Å²) in [5, 5.41) is 9.02. The molecule has 3 heterocycles. The molecule has 0 spiro atoms. The molecule has 1 atom stereocenters. The van der Waals surface area contributed by atoms with E-state index in [1.807, 2.05) is 44.3 Å². The number of nitrogens with two attached hydrogens (primary N) is 1. The fraction of sp³-hybridized carbons (Fsp3) is 0.344. The molecule has 43 heavy (non-hydrogen) atoms. The fourth-order valence-corrected chi connectivity index (χ4v) is 4.85. The normalized spacial score (nSPS) is 15.6. The number of aromatic nitrogens is 2. The van der Waals surface area contributed by atoms with E-state index in [1.165, 1.54) is 6.08 Å². The number of hydrogen-bond donors (Lipinski definition) is 4. The number of fused-ring (bicyclic) bond motifs is 1. The lowest BCUT2D eigenvalue weighted by molar-refractivity contribution is -0.111.